The van der Waals surface area contributed by atoms with Gasteiger partial charge in [-0.1, -0.05) is 23.7 Å². The summed E-state index contributed by atoms with van der Waals surface area (Å²) in [4.78, 5) is 0. The van der Waals surface area contributed by atoms with Crippen molar-refractivity contribution in [2.24, 2.45) is 7.05 Å². The molecule has 0 radical (unpaired) electrons. The molecule has 0 saturated carbocycles. The van der Waals surface area contributed by atoms with Crippen LogP contribution in [0.1, 0.15) is 17.9 Å². The molecule has 1 N–H and O–H groups in total. The molecule has 0 aliphatic carbocycles. The number of aromatic nitrogens is 2. The molecule has 0 amide bonds. The normalized spacial score (nSPS) is 20.8. The van der Waals surface area contributed by atoms with Crippen LogP contribution in [-0.2, 0) is 7.05 Å². The second kappa shape index (κ2) is 3.75. The van der Waals surface area contributed by atoms with E-state index in [0.29, 0.717) is 11.1 Å². The maximum atomic E-state index is 6.21. The minimum atomic E-state index is 0.574. The Morgan fingerprint density at radius 3 is 3.12 bits per heavy atom. The van der Waals surface area contributed by atoms with E-state index >= 15 is 0 Å². The Morgan fingerprint density at radius 1 is 1.50 bits per heavy atom. The molecule has 4 heteroatoms. The van der Waals surface area contributed by atoms with E-state index in [1.54, 1.807) is 0 Å². The molecule has 0 bridgehead atoms. The molecule has 1 aromatic carbocycles. The minimum absolute atomic E-state index is 0.574. The van der Waals surface area contributed by atoms with Crippen LogP contribution in [0.25, 0.3) is 10.9 Å². The van der Waals surface area contributed by atoms with Crippen LogP contribution in [-0.4, -0.2) is 22.9 Å². The average Bonchev–Trinajstić information content (AvgIpc) is 2.88. The molecular formula is C12H14ClN3. The van der Waals surface area contributed by atoms with Crippen LogP contribution >= 0.6 is 11.6 Å². The predicted octanol–water partition coefficient (Wildman–Crippen LogP) is 2.30. The summed E-state index contributed by atoms with van der Waals surface area (Å²) in [6.07, 6.45) is 1.18. The SMILES string of the molecule is Cn1nc(Cl)c2c(C3CCNC3)cccc21. The van der Waals surface area contributed by atoms with Gasteiger partial charge in [0.05, 0.1) is 5.52 Å². The summed E-state index contributed by atoms with van der Waals surface area (Å²) < 4.78 is 1.85. The van der Waals surface area contributed by atoms with Crippen LogP contribution < -0.4 is 5.32 Å². The zero-order valence-corrected chi connectivity index (χ0v) is 9.96. The molecule has 0 spiro atoms. The van der Waals surface area contributed by atoms with Crippen molar-refractivity contribution in [3.8, 4) is 0 Å². The van der Waals surface area contributed by atoms with Crippen LogP contribution in [0.4, 0.5) is 0 Å². The molecule has 3 rings (SSSR count). The fourth-order valence-electron chi connectivity index (χ4n) is 2.55. The number of nitrogens with zero attached hydrogens (tertiary/aromatic N) is 2. The smallest absolute Gasteiger partial charge is 0.159 e. The molecular weight excluding hydrogens is 222 g/mol. The highest BCUT2D eigenvalue weighted by Gasteiger charge is 2.21. The summed E-state index contributed by atoms with van der Waals surface area (Å²) in [7, 11) is 1.94. The number of halogens is 1. The molecule has 2 heterocycles. The molecule has 3 nitrogen and oxygen atoms in total. The van der Waals surface area contributed by atoms with Gasteiger partial charge in [0, 0.05) is 19.0 Å². The fourth-order valence-corrected chi connectivity index (χ4v) is 2.87. The predicted molar refractivity (Wildman–Crippen MR) is 66.0 cm³/mol. The van der Waals surface area contributed by atoms with Crippen molar-refractivity contribution in [3.63, 3.8) is 0 Å². The quantitative estimate of drug-likeness (QED) is 0.822. The maximum Gasteiger partial charge on any atom is 0.159 e. The van der Waals surface area contributed by atoms with E-state index < -0.39 is 0 Å². The number of benzene rings is 1. The molecule has 2 aromatic rings. The third-order valence-electron chi connectivity index (χ3n) is 3.37. The summed E-state index contributed by atoms with van der Waals surface area (Å²) in [5, 5.41) is 9.43. The van der Waals surface area contributed by atoms with Crippen LogP contribution in [0.15, 0.2) is 18.2 Å². The van der Waals surface area contributed by atoms with Crippen molar-refractivity contribution < 1.29 is 0 Å². The van der Waals surface area contributed by atoms with Crippen LogP contribution in [0.2, 0.25) is 5.15 Å². The number of nitrogens with one attached hydrogen (secondary N) is 1. The largest absolute Gasteiger partial charge is 0.316 e. The van der Waals surface area contributed by atoms with E-state index in [0.717, 1.165) is 24.0 Å². The van der Waals surface area contributed by atoms with Crippen molar-refractivity contribution in [1.29, 1.82) is 0 Å². The lowest BCUT2D eigenvalue weighted by Gasteiger charge is -2.10. The third-order valence-corrected chi connectivity index (χ3v) is 3.63. The third kappa shape index (κ3) is 1.43. The average molecular weight is 236 g/mol. The van der Waals surface area contributed by atoms with Crippen molar-refractivity contribution in [2.45, 2.75) is 12.3 Å². The summed E-state index contributed by atoms with van der Waals surface area (Å²) in [6, 6.07) is 6.33. The number of hydrogen-bond donors (Lipinski definition) is 1. The van der Waals surface area contributed by atoms with Gasteiger partial charge in [-0.2, -0.15) is 5.10 Å². The molecule has 1 aliphatic rings. The van der Waals surface area contributed by atoms with Gasteiger partial charge >= 0.3 is 0 Å². The van der Waals surface area contributed by atoms with Gasteiger partial charge in [-0.05, 0) is 30.5 Å². The van der Waals surface area contributed by atoms with Gasteiger partial charge in [-0.25, -0.2) is 0 Å². The first kappa shape index (κ1) is 10.1. The fraction of sp³-hybridized carbons (Fsp3) is 0.417. The van der Waals surface area contributed by atoms with Gasteiger partial charge in [0.15, 0.2) is 5.15 Å². The highest BCUT2D eigenvalue weighted by Crippen LogP contribution is 2.33. The van der Waals surface area contributed by atoms with Gasteiger partial charge in [0.1, 0.15) is 0 Å². The molecule has 1 saturated heterocycles. The molecule has 16 heavy (non-hydrogen) atoms. The highest BCUT2D eigenvalue weighted by molar-refractivity contribution is 6.34. The maximum absolute atomic E-state index is 6.21. The van der Waals surface area contributed by atoms with E-state index in [4.69, 9.17) is 11.6 Å². The van der Waals surface area contributed by atoms with Crippen molar-refractivity contribution in [1.82, 2.24) is 15.1 Å². The molecule has 84 valence electrons. The topological polar surface area (TPSA) is 29.9 Å². The number of rotatable bonds is 1. The Hall–Kier alpha value is -1.06. The monoisotopic (exact) mass is 235 g/mol. The summed E-state index contributed by atoms with van der Waals surface area (Å²) in [5.74, 6) is 0.574. The van der Waals surface area contributed by atoms with Gasteiger partial charge in [-0.3, -0.25) is 4.68 Å². The van der Waals surface area contributed by atoms with E-state index in [-0.39, 0.29) is 0 Å². The van der Waals surface area contributed by atoms with Crippen molar-refractivity contribution >= 4 is 22.5 Å². The Kier molecular flexibility index (Phi) is 2.37. The summed E-state index contributed by atoms with van der Waals surface area (Å²) >= 11 is 6.21. The lowest BCUT2D eigenvalue weighted by Crippen LogP contribution is -2.08. The zero-order chi connectivity index (χ0) is 11.1. The van der Waals surface area contributed by atoms with Gasteiger partial charge in [0.25, 0.3) is 0 Å². The number of hydrogen-bond acceptors (Lipinski definition) is 2. The van der Waals surface area contributed by atoms with Crippen molar-refractivity contribution in [3.05, 3.63) is 28.9 Å². The second-order valence-electron chi connectivity index (χ2n) is 4.35. The van der Waals surface area contributed by atoms with E-state index in [1.807, 2.05) is 11.7 Å². The first-order valence-corrected chi connectivity index (χ1v) is 5.97. The molecule has 1 atom stereocenters. The zero-order valence-electron chi connectivity index (χ0n) is 9.20. The lowest BCUT2D eigenvalue weighted by molar-refractivity contribution is 0.770. The molecule has 1 aromatic heterocycles. The summed E-state index contributed by atoms with van der Waals surface area (Å²) in [5.41, 5.74) is 2.45. The van der Waals surface area contributed by atoms with Gasteiger partial charge in [0.2, 0.25) is 0 Å². The van der Waals surface area contributed by atoms with Gasteiger partial charge < -0.3 is 5.32 Å². The number of aryl methyl sites for hydroxylation is 1. The highest BCUT2D eigenvalue weighted by atomic mass is 35.5. The Balaban J connectivity index is 2.23. The van der Waals surface area contributed by atoms with E-state index in [1.165, 1.54) is 12.0 Å². The Labute approximate surface area is 99.4 Å². The van der Waals surface area contributed by atoms with Gasteiger partial charge in [-0.15, -0.1) is 0 Å². The van der Waals surface area contributed by atoms with Crippen LogP contribution in [0.3, 0.4) is 0 Å². The van der Waals surface area contributed by atoms with Crippen molar-refractivity contribution in [2.75, 3.05) is 13.1 Å². The number of fused-ring (bicyclic) bond motifs is 1. The standard InChI is InChI=1S/C12H14ClN3/c1-16-10-4-2-3-9(8-5-6-14-7-8)11(10)12(13)15-16/h2-4,8,14H,5-7H2,1H3. The van der Waals surface area contributed by atoms with E-state index in [2.05, 4.69) is 28.6 Å². The van der Waals surface area contributed by atoms with Crippen LogP contribution in [0, 0.1) is 0 Å². The molecule has 1 unspecified atom stereocenters. The first-order chi connectivity index (χ1) is 7.77. The van der Waals surface area contributed by atoms with Crippen LogP contribution in [0.5, 0.6) is 0 Å². The minimum Gasteiger partial charge on any atom is -0.316 e. The second-order valence-corrected chi connectivity index (χ2v) is 4.70. The Bertz CT molecular complexity index is 526. The molecule has 1 fully saturated rings. The molecule has 1 aliphatic heterocycles. The lowest BCUT2D eigenvalue weighted by atomic mass is 9.95. The summed E-state index contributed by atoms with van der Waals surface area (Å²) in [6.45, 7) is 2.14. The first-order valence-electron chi connectivity index (χ1n) is 5.59. The van der Waals surface area contributed by atoms with E-state index in [9.17, 15) is 0 Å². The Morgan fingerprint density at radius 2 is 2.38 bits per heavy atom.